The first-order valence-corrected chi connectivity index (χ1v) is 10.4. The van der Waals surface area contributed by atoms with E-state index in [1.165, 1.54) is 17.8 Å². The molecule has 0 spiro atoms. The zero-order valence-electron chi connectivity index (χ0n) is 15.9. The summed E-state index contributed by atoms with van der Waals surface area (Å²) in [6.07, 6.45) is 0.855. The van der Waals surface area contributed by atoms with Gasteiger partial charge in [0.2, 0.25) is 17.7 Å². The minimum absolute atomic E-state index is 0.186. The van der Waals surface area contributed by atoms with Gasteiger partial charge in [-0.25, -0.2) is 8.78 Å². The van der Waals surface area contributed by atoms with Crippen molar-refractivity contribution in [2.24, 2.45) is 5.92 Å². The number of likely N-dealkylation sites (tertiary alicyclic amines) is 1. The van der Waals surface area contributed by atoms with Crippen molar-refractivity contribution in [1.29, 1.82) is 0 Å². The smallest absolute Gasteiger partial charge is 0.247 e. The fourth-order valence-corrected chi connectivity index (χ4v) is 4.63. The maximum Gasteiger partial charge on any atom is 0.247 e. The number of piperidine rings is 1. The Balaban J connectivity index is 1.34. The van der Waals surface area contributed by atoms with Gasteiger partial charge in [0.1, 0.15) is 0 Å². The van der Waals surface area contributed by atoms with Crippen molar-refractivity contribution in [2.75, 3.05) is 23.7 Å². The largest absolute Gasteiger partial charge is 0.341 e. The van der Waals surface area contributed by atoms with E-state index >= 15 is 0 Å². The third-order valence-electron chi connectivity index (χ3n) is 5.22. The van der Waals surface area contributed by atoms with Gasteiger partial charge >= 0.3 is 0 Å². The molecule has 9 heteroatoms. The van der Waals surface area contributed by atoms with Crippen LogP contribution in [0.5, 0.6) is 0 Å². The van der Waals surface area contributed by atoms with Gasteiger partial charge in [-0.2, -0.15) is 0 Å². The summed E-state index contributed by atoms with van der Waals surface area (Å²) in [7, 11) is 0. The van der Waals surface area contributed by atoms with Gasteiger partial charge in [0, 0.05) is 35.7 Å². The molecule has 0 bridgehead atoms. The van der Waals surface area contributed by atoms with Gasteiger partial charge in [-0.3, -0.25) is 14.4 Å². The van der Waals surface area contributed by atoms with E-state index in [4.69, 9.17) is 0 Å². The third kappa shape index (κ3) is 4.16. The predicted octanol–water partition coefficient (Wildman–Crippen LogP) is 3.25. The SMILES string of the molecule is O=C(Nc1ccc(F)c(F)c1)C1CCN(C(=O)[C@H]2Sc3ccccc3NC2=O)CC1. The van der Waals surface area contributed by atoms with Crippen LogP contribution in [-0.2, 0) is 14.4 Å². The Morgan fingerprint density at radius 3 is 2.53 bits per heavy atom. The van der Waals surface area contributed by atoms with Crippen LogP contribution in [0, 0.1) is 17.6 Å². The fourth-order valence-electron chi connectivity index (χ4n) is 3.56. The normalized spacial score (nSPS) is 19.1. The van der Waals surface area contributed by atoms with Gasteiger partial charge in [-0.1, -0.05) is 12.1 Å². The minimum atomic E-state index is -1.03. The van der Waals surface area contributed by atoms with Gasteiger partial charge in [0.25, 0.3) is 0 Å². The molecule has 0 unspecified atom stereocenters. The summed E-state index contributed by atoms with van der Waals surface area (Å²) in [4.78, 5) is 40.1. The fraction of sp³-hybridized carbons (Fsp3) is 0.286. The molecule has 2 aliphatic rings. The summed E-state index contributed by atoms with van der Waals surface area (Å²) in [6.45, 7) is 0.696. The van der Waals surface area contributed by atoms with Crippen molar-refractivity contribution < 1.29 is 23.2 Å². The summed E-state index contributed by atoms with van der Waals surface area (Å²) in [5, 5.41) is 4.50. The van der Waals surface area contributed by atoms with Crippen LogP contribution in [0.25, 0.3) is 0 Å². The first-order chi connectivity index (χ1) is 14.4. The number of hydrogen-bond donors (Lipinski definition) is 2. The number of nitrogens with one attached hydrogen (secondary N) is 2. The molecule has 30 heavy (non-hydrogen) atoms. The van der Waals surface area contributed by atoms with Crippen molar-refractivity contribution in [2.45, 2.75) is 23.0 Å². The number of para-hydroxylation sites is 1. The number of anilines is 2. The zero-order chi connectivity index (χ0) is 21.3. The van der Waals surface area contributed by atoms with Crippen LogP contribution in [0.1, 0.15) is 12.8 Å². The van der Waals surface area contributed by atoms with E-state index in [-0.39, 0.29) is 29.3 Å². The molecule has 2 aromatic carbocycles. The number of benzene rings is 2. The average Bonchev–Trinajstić information content (AvgIpc) is 2.75. The molecule has 0 saturated carbocycles. The lowest BCUT2D eigenvalue weighted by Crippen LogP contribution is -2.48. The number of carbonyl (C=O) groups is 3. The van der Waals surface area contributed by atoms with Crippen LogP contribution in [-0.4, -0.2) is 41.0 Å². The van der Waals surface area contributed by atoms with Crippen molar-refractivity contribution in [1.82, 2.24) is 4.90 Å². The van der Waals surface area contributed by atoms with E-state index in [1.54, 1.807) is 11.0 Å². The molecule has 0 aliphatic carbocycles. The lowest BCUT2D eigenvalue weighted by atomic mass is 9.95. The molecule has 156 valence electrons. The summed E-state index contributed by atoms with van der Waals surface area (Å²) in [5.41, 5.74) is 0.885. The van der Waals surface area contributed by atoms with Gasteiger partial charge in [-0.15, -0.1) is 11.8 Å². The Bertz CT molecular complexity index is 1010. The molecule has 1 atom stereocenters. The molecular weight excluding hydrogens is 412 g/mol. The van der Waals surface area contributed by atoms with E-state index in [0.717, 1.165) is 17.0 Å². The quantitative estimate of drug-likeness (QED) is 0.732. The van der Waals surface area contributed by atoms with Crippen molar-refractivity contribution >= 4 is 40.9 Å². The summed E-state index contributed by atoms with van der Waals surface area (Å²) in [6, 6.07) is 10.5. The van der Waals surface area contributed by atoms with Crippen molar-refractivity contribution in [3.63, 3.8) is 0 Å². The zero-order valence-corrected chi connectivity index (χ0v) is 16.7. The number of halogens is 2. The van der Waals surface area contributed by atoms with Crippen molar-refractivity contribution in [3.05, 3.63) is 54.1 Å². The molecule has 0 aromatic heterocycles. The topological polar surface area (TPSA) is 78.5 Å². The number of carbonyl (C=O) groups excluding carboxylic acids is 3. The second-order valence-corrected chi connectivity index (χ2v) is 8.35. The first-order valence-electron chi connectivity index (χ1n) is 9.53. The molecular formula is C21H19F2N3O3S. The van der Waals surface area contributed by atoms with Crippen LogP contribution >= 0.6 is 11.8 Å². The molecule has 6 nitrogen and oxygen atoms in total. The highest BCUT2D eigenvalue weighted by atomic mass is 32.2. The average molecular weight is 431 g/mol. The van der Waals surface area contributed by atoms with Crippen LogP contribution < -0.4 is 10.6 Å². The van der Waals surface area contributed by atoms with Crippen molar-refractivity contribution in [3.8, 4) is 0 Å². The minimum Gasteiger partial charge on any atom is -0.341 e. The Labute approximate surface area is 176 Å². The monoisotopic (exact) mass is 431 g/mol. The molecule has 2 N–H and O–H groups in total. The van der Waals surface area contributed by atoms with Crippen LogP contribution in [0.15, 0.2) is 47.4 Å². The molecule has 1 fully saturated rings. The van der Waals surface area contributed by atoms with E-state index in [9.17, 15) is 23.2 Å². The highest BCUT2D eigenvalue weighted by molar-refractivity contribution is 8.01. The molecule has 2 heterocycles. The Morgan fingerprint density at radius 2 is 1.80 bits per heavy atom. The summed E-state index contributed by atoms with van der Waals surface area (Å²) in [5.74, 6) is -3.28. The number of amides is 3. The van der Waals surface area contributed by atoms with Gasteiger partial charge in [-0.05, 0) is 37.1 Å². The van der Waals surface area contributed by atoms with Gasteiger partial charge in [0.15, 0.2) is 16.9 Å². The second kappa shape index (κ2) is 8.43. The maximum atomic E-state index is 13.3. The van der Waals surface area contributed by atoms with E-state index < -0.39 is 16.9 Å². The van der Waals surface area contributed by atoms with Crippen LogP contribution in [0.4, 0.5) is 20.2 Å². The number of thioether (sulfide) groups is 1. The Hall–Kier alpha value is -2.94. The van der Waals surface area contributed by atoms with Crippen LogP contribution in [0.2, 0.25) is 0 Å². The van der Waals surface area contributed by atoms with E-state index in [2.05, 4.69) is 10.6 Å². The van der Waals surface area contributed by atoms with Gasteiger partial charge < -0.3 is 15.5 Å². The third-order valence-corrected chi connectivity index (χ3v) is 6.48. The van der Waals surface area contributed by atoms with E-state index in [0.29, 0.717) is 31.6 Å². The van der Waals surface area contributed by atoms with Crippen LogP contribution in [0.3, 0.4) is 0 Å². The lowest BCUT2D eigenvalue weighted by Gasteiger charge is -2.34. The highest BCUT2D eigenvalue weighted by Gasteiger charge is 2.37. The number of nitrogens with zero attached hydrogens (tertiary/aromatic N) is 1. The van der Waals surface area contributed by atoms with Gasteiger partial charge in [0.05, 0.1) is 5.69 Å². The molecule has 4 rings (SSSR count). The lowest BCUT2D eigenvalue weighted by molar-refractivity contribution is -0.136. The maximum absolute atomic E-state index is 13.3. The Kier molecular flexibility index (Phi) is 5.72. The number of fused-ring (bicyclic) bond motifs is 1. The second-order valence-electron chi connectivity index (χ2n) is 7.20. The molecule has 1 saturated heterocycles. The van der Waals surface area contributed by atoms with E-state index in [1.807, 2.05) is 18.2 Å². The standard InChI is InChI=1S/C21H19F2N3O3S/c22-14-6-5-13(11-15(14)23)24-19(27)12-7-9-26(10-8-12)21(29)18-20(28)25-16-3-1-2-4-17(16)30-18/h1-6,11-12,18H,7-10H2,(H,24,27)(H,25,28)/t18-/m0/s1. The Morgan fingerprint density at radius 1 is 1.07 bits per heavy atom. The summed E-state index contributed by atoms with van der Waals surface area (Å²) >= 11 is 1.23. The molecule has 2 aromatic rings. The molecule has 2 aliphatic heterocycles. The number of rotatable bonds is 3. The molecule has 0 radical (unpaired) electrons. The first kappa shape index (κ1) is 20.3. The highest BCUT2D eigenvalue weighted by Crippen LogP contribution is 2.36. The molecule has 3 amide bonds. The predicted molar refractivity (Wildman–Crippen MR) is 109 cm³/mol. The number of hydrogen-bond acceptors (Lipinski definition) is 4. The summed E-state index contributed by atoms with van der Waals surface area (Å²) < 4.78 is 26.3.